The van der Waals surface area contributed by atoms with Gasteiger partial charge in [0.15, 0.2) is 0 Å². The van der Waals surface area contributed by atoms with Crippen LogP contribution in [0.2, 0.25) is 0 Å². The van der Waals surface area contributed by atoms with E-state index in [0.717, 1.165) is 18.3 Å². The molecule has 0 bridgehead atoms. The van der Waals surface area contributed by atoms with E-state index in [9.17, 15) is 18.5 Å². The summed E-state index contributed by atoms with van der Waals surface area (Å²) in [5, 5.41) is 18.9. The van der Waals surface area contributed by atoms with Gasteiger partial charge in [0.05, 0.1) is 16.4 Å². The summed E-state index contributed by atoms with van der Waals surface area (Å²) in [5.41, 5.74) is 0.343. The maximum Gasteiger partial charge on any atom is 0.293 e. The SMILES string of the molecule is O=[N+]([O-])c1cc(S(=O)(=O)Nc2ccccc2)ccc1NC1CCc2ncnn2C1. The van der Waals surface area contributed by atoms with E-state index in [1.165, 1.54) is 18.5 Å². The monoisotopic (exact) mass is 414 g/mol. The van der Waals surface area contributed by atoms with Gasteiger partial charge in [-0.3, -0.25) is 14.8 Å². The lowest BCUT2D eigenvalue weighted by molar-refractivity contribution is -0.384. The summed E-state index contributed by atoms with van der Waals surface area (Å²) >= 11 is 0. The first-order valence-corrected chi connectivity index (χ1v) is 10.4. The maximum absolute atomic E-state index is 12.6. The largest absolute Gasteiger partial charge is 0.375 e. The molecular formula is C18H18N6O4S. The zero-order valence-electron chi connectivity index (χ0n) is 15.2. The van der Waals surface area contributed by atoms with Crippen LogP contribution < -0.4 is 10.0 Å². The summed E-state index contributed by atoms with van der Waals surface area (Å²) in [4.78, 5) is 15.0. The highest BCUT2D eigenvalue weighted by Crippen LogP contribution is 2.30. The standard InChI is InChI=1S/C18H18N6O4S/c25-24(26)17-10-15(29(27,28)22-13-4-2-1-3-5-13)7-8-16(17)21-14-6-9-18-19-12-20-23(18)11-14/h1-5,7-8,10,12,14,21-22H,6,9,11H2. The van der Waals surface area contributed by atoms with Crippen LogP contribution in [0.25, 0.3) is 0 Å². The topological polar surface area (TPSA) is 132 Å². The second kappa shape index (κ2) is 7.51. The number of sulfonamides is 1. The van der Waals surface area contributed by atoms with E-state index in [4.69, 9.17) is 0 Å². The number of benzene rings is 2. The van der Waals surface area contributed by atoms with Crippen molar-refractivity contribution in [2.24, 2.45) is 0 Å². The maximum atomic E-state index is 12.6. The van der Waals surface area contributed by atoms with Crippen molar-refractivity contribution in [3.63, 3.8) is 0 Å². The lowest BCUT2D eigenvalue weighted by Gasteiger charge is -2.24. The van der Waals surface area contributed by atoms with Crippen molar-refractivity contribution in [1.82, 2.24) is 14.8 Å². The first-order chi connectivity index (χ1) is 13.9. The quantitative estimate of drug-likeness (QED) is 0.467. The van der Waals surface area contributed by atoms with Gasteiger partial charge in [0.1, 0.15) is 17.8 Å². The number of nitrogens with zero attached hydrogens (tertiary/aromatic N) is 4. The van der Waals surface area contributed by atoms with Crippen LogP contribution in [0.3, 0.4) is 0 Å². The number of para-hydroxylation sites is 1. The predicted octanol–water partition coefficient (Wildman–Crippen LogP) is 2.41. The van der Waals surface area contributed by atoms with Gasteiger partial charge in [-0.2, -0.15) is 5.10 Å². The summed E-state index contributed by atoms with van der Waals surface area (Å²) in [7, 11) is -3.96. The zero-order valence-corrected chi connectivity index (χ0v) is 16.0. The number of hydrogen-bond donors (Lipinski definition) is 2. The van der Waals surface area contributed by atoms with Crippen molar-refractivity contribution >= 4 is 27.1 Å². The normalized spacial score (nSPS) is 16.1. The first-order valence-electron chi connectivity index (χ1n) is 8.92. The molecule has 4 rings (SSSR count). The Morgan fingerprint density at radius 1 is 1.17 bits per heavy atom. The summed E-state index contributed by atoms with van der Waals surface area (Å²) in [6.45, 7) is 0.530. The van der Waals surface area contributed by atoms with Crippen LogP contribution in [0, 0.1) is 10.1 Å². The van der Waals surface area contributed by atoms with E-state index in [1.807, 2.05) is 0 Å². The predicted molar refractivity (Wildman–Crippen MR) is 106 cm³/mol. The molecule has 1 aliphatic heterocycles. The highest BCUT2D eigenvalue weighted by atomic mass is 32.2. The number of nitro benzene ring substituents is 1. The fraction of sp³-hybridized carbons (Fsp3) is 0.222. The average molecular weight is 414 g/mol. The zero-order chi connectivity index (χ0) is 20.4. The van der Waals surface area contributed by atoms with Crippen LogP contribution in [0.1, 0.15) is 12.2 Å². The number of nitrogens with one attached hydrogen (secondary N) is 2. The van der Waals surface area contributed by atoms with E-state index in [-0.39, 0.29) is 22.3 Å². The van der Waals surface area contributed by atoms with Gasteiger partial charge in [0, 0.05) is 24.2 Å². The number of aromatic nitrogens is 3. The summed E-state index contributed by atoms with van der Waals surface area (Å²) < 4.78 is 29.4. The van der Waals surface area contributed by atoms with E-state index in [0.29, 0.717) is 18.7 Å². The van der Waals surface area contributed by atoms with Crippen LogP contribution in [-0.2, 0) is 23.0 Å². The second-order valence-electron chi connectivity index (χ2n) is 6.65. The number of rotatable bonds is 6. The van der Waals surface area contributed by atoms with Crippen molar-refractivity contribution in [2.45, 2.75) is 30.3 Å². The minimum atomic E-state index is -3.96. The van der Waals surface area contributed by atoms with Gasteiger partial charge >= 0.3 is 0 Å². The highest BCUT2D eigenvalue weighted by molar-refractivity contribution is 7.92. The Hall–Kier alpha value is -3.47. The van der Waals surface area contributed by atoms with Crippen molar-refractivity contribution in [2.75, 3.05) is 10.0 Å². The van der Waals surface area contributed by atoms with Gasteiger partial charge in [0.25, 0.3) is 15.7 Å². The number of hydrogen-bond acceptors (Lipinski definition) is 7. The van der Waals surface area contributed by atoms with Gasteiger partial charge in [-0.25, -0.2) is 18.1 Å². The highest BCUT2D eigenvalue weighted by Gasteiger charge is 2.25. The van der Waals surface area contributed by atoms with Crippen LogP contribution in [0.15, 0.2) is 59.8 Å². The minimum Gasteiger partial charge on any atom is -0.375 e. The summed E-state index contributed by atoms with van der Waals surface area (Å²) in [6, 6.07) is 12.1. The molecule has 2 heterocycles. The molecule has 150 valence electrons. The van der Waals surface area contributed by atoms with Crippen molar-refractivity contribution in [3.05, 3.63) is 70.8 Å². The number of anilines is 2. The van der Waals surface area contributed by atoms with Gasteiger partial charge in [-0.15, -0.1) is 0 Å². The molecule has 0 fully saturated rings. The van der Waals surface area contributed by atoms with E-state index in [2.05, 4.69) is 20.1 Å². The van der Waals surface area contributed by atoms with Crippen molar-refractivity contribution in [1.29, 1.82) is 0 Å². The molecule has 0 radical (unpaired) electrons. The van der Waals surface area contributed by atoms with Gasteiger partial charge in [0.2, 0.25) is 0 Å². The number of aryl methyl sites for hydroxylation is 1. The van der Waals surface area contributed by atoms with Crippen LogP contribution >= 0.6 is 0 Å². The van der Waals surface area contributed by atoms with E-state index < -0.39 is 14.9 Å². The lowest BCUT2D eigenvalue weighted by Crippen LogP contribution is -2.32. The molecule has 3 aromatic rings. The summed E-state index contributed by atoms with van der Waals surface area (Å²) in [6.07, 6.45) is 2.93. The molecule has 2 aromatic carbocycles. The Balaban J connectivity index is 1.58. The Kier molecular flexibility index (Phi) is 4.89. The molecule has 0 saturated heterocycles. The molecule has 1 aliphatic rings. The van der Waals surface area contributed by atoms with Gasteiger partial charge in [-0.1, -0.05) is 18.2 Å². The Bertz CT molecular complexity index is 1150. The smallest absolute Gasteiger partial charge is 0.293 e. The van der Waals surface area contributed by atoms with Crippen molar-refractivity contribution < 1.29 is 13.3 Å². The lowest BCUT2D eigenvalue weighted by atomic mass is 10.1. The average Bonchev–Trinajstić information content (AvgIpc) is 3.16. The molecule has 1 unspecified atom stereocenters. The molecule has 10 nitrogen and oxygen atoms in total. The third-order valence-corrected chi connectivity index (χ3v) is 6.05. The molecule has 0 saturated carbocycles. The summed E-state index contributed by atoms with van der Waals surface area (Å²) in [5.74, 6) is 0.881. The Morgan fingerprint density at radius 2 is 1.97 bits per heavy atom. The molecule has 2 N–H and O–H groups in total. The van der Waals surface area contributed by atoms with Gasteiger partial charge in [-0.05, 0) is 30.7 Å². The molecule has 11 heteroatoms. The van der Waals surface area contributed by atoms with Crippen LogP contribution in [0.4, 0.5) is 17.1 Å². The molecule has 0 spiro atoms. The molecule has 0 amide bonds. The van der Waals surface area contributed by atoms with E-state index >= 15 is 0 Å². The molecule has 1 atom stereocenters. The Labute approximate surface area is 166 Å². The second-order valence-corrected chi connectivity index (χ2v) is 8.33. The molecule has 1 aromatic heterocycles. The Morgan fingerprint density at radius 3 is 2.72 bits per heavy atom. The minimum absolute atomic E-state index is 0.0761. The number of nitro groups is 1. The molecular weight excluding hydrogens is 396 g/mol. The van der Waals surface area contributed by atoms with Gasteiger partial charge < -0.3 is 5.32 Å². The molecule has 0 aliphatic carbocycles. The van der Waals surface area contributed by atoms with Crippen LogP contribution in [0.5, 0.6) is 0 Å². The van der Waals surface area contributed by atoms with Crippen LogP contribution in [-0.4, -0.2) is 34.1 Å². The fourth-order valence-electron chi connectivity index (χ4n) is 3.25. The fourth-order valence-corrected chi connectivity index (χ4v) is 4.33. The number of fused-ring (bicyclic) bond motifs is 1. The third kappa shape index (κ3) is 4.04. The third-order valence-electron chi connectivity index (χ3n) is 4.67. The first kappa shape index (κ1) is 18.9. The molecule has 29 heavy (non-hydrogen) atoms. The van der Waals surface area contributed by atoms with E-state index in [1.54, 1.807) is 35.0 Å². The van der Waals surface area contributed by atoms with Crippen molar-refractivity contribution in [3.8, 4) is 0 Å².